The van der Waals surface area contributed by atoms with E-state index < -0.39 is 5.97 Å². The van der Waals surface area contributed by atoms with E-state index in [0.29, 0.717) is 6.42 Å². The van der Waals surface area contributed by atoms with Crippen LogP contribution in [0.1, 0.15) is 64.7 Å². The molecule has 0 spiro atoms. The molecule has 0 heterocycles. The normalized spacial score (nSPS) is 24.1. The summed E-state index contributed by atoms with van der Waals surface area (Å²) in [5, 5.41) is 8.45. The van der Waals surface area contributed by atoms with Crippen molar-refractivity contribution in [3.63, 3.8) is 0 Å². The summed E-state index contributed by atoms with van der Waals surface area (Å²) in [5.41, 5.74) is 0. The van der Waals surface area contributed by atoms with Gasteiger partial charge in [-0.25, -0.2) is 0 Å². The fourth-order valence-electron chi connectivity index (χ4n) is 2.19. The first kappa shape index (κ1) is 12.5. The Labute approximate surface area is 93.1 Å². The summed E-state index contributed by atoms with van der Waals surface area (Å²) in [6, 6.07) is 0. The average Bonchev–Trinajstić information content (AvgIpc) is 2.86. The van der Waals surface area contributed by atoms with Crippen molar-refractivity contribution in [3.05, 3.63) is 0 Å². The second kappa shape index (κ2) is 6.86. The molecule has 2 heteroatoms. The average molecular weight is 212 g/mol. The zero-order valence-corrected chi connectivity index (χ0v) is 9.87. The summed E-state index contributed by atoms with van der Waals surface area (Å²) in [7, 11) is 0. The molecule has 1 N–H and O–H groups in total. The number of aliphatic carboxylic acids is 1. The Balaban J connectivity index is 1.71. The lowest BCUT2D eigenvalue weighted by Crippen LogP contribution is -1.93. The molecule has 0 radical (unpaired) electrons. The van der Waals surface area contributed by atoms with Crippen molar-refractivity contribution in [2.45, 2.75) is 64.7 Å². The van der Waals surface area contributed by atoms with Crippen LogP contribution in [0.5, 0.6) is 0 Å². The molecule has 0 aliphatic heterocycles. The first-order valence-electron chi connectivity index (χ1n) is 6.42. The Morgan fingerprint density at radius 3 is 2.20 bits per heavy atom. The van der Waals surface area contributed by atoms with Gasteiger partial charge in [-0.3, -0.25) is 4.79 Å². The standard InChI is InChI=1S/C13H24O2/c1-11-10-12(11)8-6-4-2-3-5-7-9-13(14)15/h11-12H,2-10H2,1H3,(H,14,15)/t11-,12+/m0/s1. The topological polar surface area (TPSA) is 37.3 Å². The summed E-state index contributed by atoms with van der Waals surface area (Å²) < 4.78 is 0. The van der Waals surface area contributed by atoms with E-state index in [9.17, 15) is 4.79 Å². The van der Waals surface area contributed by atoms with Crippen molar-refractivity contribution in [2.75, 3.05) is 0 Å². The molecule has 2 nitrogen and oxygen atoms in total. The van der Waals surface area contributed by atoms with Gasteiger partial charge in [-0.15, -0.1) is 0 Å². The third-order valence-electron chi connectivity index (χ3n) is 3.49. The lowest BCUT2D eigenvalue weighted by atomic mass is 10.1. The molecule has 1 fully saturated rings. The number of carboxylic acid groups (broad SMARTS) is 1. The van der Waals surface area contributed by atoms with Crippen molar-refractivity contribution in [1.82, 2.24) is 0 Å². The summed E-state index contributed by atoms with van der Waals surface area (Å²) in [6.45, 7) is 2.34. The second-order valence-electron chi connectivity index (χ2n) is 5.03. The smallest absolute Gasteiger partial charge is 0.303 e. The SMILES string of the molecule is C[C@H]1C[C@H]1CCCCCCCCC(=O)O. The van der Waals surface area contributed by atoms with Gasteiger partial charge in [0.25, 0.3) is 0 Å². The molecule has 0 saturated heterocycles. The van der Waals surface area contributed by atoms with E-state index in [4.69, 9.17) is 5.11 Å². The zero-order valence-electron chi connectivity index (χ0n) is 9.87. The van der Waals surface area contributed by atoms with Crippen LogP contribution in [-0.4, -0.2) is 11.1 Å². The predicted octanol–water partition coefficient (Wildman–Crippen LogP) is 3.85. The van der Waals surface area contributed by atoms with Gasteiger partial charge >= 0.3 is 5.97 Å². The zero-order chi connectivity index (χ0) is 11.1. The maximum atomic E-state index is 10.2. The molecule has 0 amide bonds. The highest BCUT2D eigenvalue weighted by Crippen LogP contribution is 2.41. The number of hydrogen-bond acceptors (Lipinski definition) is 1. The number of carboxylic acids is 1. The Morgan fingerprint density at radius 1 is 1.13 bits per heavy atom. The van der Waals surface area contributed by atoms with Gasteiger partial charge in [-0.1, -0.05) is 45.4 Å². The van der Waals surface area contributed by atoms with Crippen LogP contribution < -0.4 is 0 Å². The van der Waals surface area contributed by atoms with E-state index in [1.165, 1.54) is 38.5 Å². The highest BCUT2D eigenvalue weighted by molar-refractivity contribution is 5.66. The van der Waals surface area contributed by atoms with Gasteiger partial charge in [0.15, 0.2) is 0 Å². The molecule has 0 aromatic heterocycles. The van der Waals surface area contributed by atoms with Crippen molar-refractivity contribution in [1.29, 1.82) is 0 Å². The van der Waals surface area contributed by atoms with Gasteiger partial charge in [-0.2, -0.15) is 0 Å². The van der Waals surface area contributed by atoms with Gasteiger partial charge in [0.05, 0.1) is 0 Å². The van der Waals surface area contributed by atoms with Crippen LogP contribution in [0, 0.1) is 11.8 Å². The molecule has 1 aliphatic rings. The first-order chi connectivity index (χ1) is 7.20. The molecule has 0 bridgehead atoms. The fourth-order valence-corrected chi connectivity index (χ4v) is 2.19. The third kappa shape index (κ3) is 6.53. The van der Waals surface area contributed by atoms with Crippen LogP contribution in [0.15, 0.2) is 0 Å². The summed E-state index contributed by atoms with van der Waals surface area (Å²) >= 11 is 0. The molecule has 1 saturated carbocycles. The molecule has 15 heavy (non-hydrogen) atoms. The molecule has 1 aliphatic carbocycles. The van der Waals surface area contributed by atoms with Crippen molar-refractivity contribution in [3.8, 4) is 0 Å². The molecule has 1 rings (SSSR count). The van der Waals surface area contributed by atoms with Gasteiger partial charge in [-0.05, 0) is 24.7 Å². The van der Waals surface area contributed by atoms with E-state index in [1.807, 2.05) is 0 Å². The van der Waals surface area contributed by atoms with Gasteiger partial charge in [0, 0.05) is 6.42 Å². The fraction of sp³-hybridized carbons (Fsp3) is 0.923. The first-order valence-corrected chi connectivity index (χ1v) is 6.42. The summed E-state index contributed by atoms with van der Waals surface area (Å²) in [6.07, 6.45) is 10.4. The van der Waals surface area contributed by atoms with Gasteiger partial charge in [0.1, 0.15) is 0 Å². The van der Waals surface area contributed by atoms with Crippen LogP contribution in [-0.2, 0) is 4.79 Å². The van der Waals surface area contributed by atoms with Crippen molar-refractivity contribution >= 4 is 5.97 Å². The minimum atomic E-state index is -0.655. The highest BCUT2D eigenvalue weighted by Gasteiger charge is 2.31. The monoisotopic (exact) mass is 212 g/mol. The number of hydrogen-bond donors (Lipinski definition) is 1. The Morgan fingerprint density at radius 2 is 1.67 bits per heavy atom. The van der Waals surface area contributed by atoms with Gasteiger partial charge < -0.3 is 5.11 Å². The maximum Gasteiger partial charge on any atom is 0.303 e. The van der Waals surface area contributed by atoms with Crippen LogP contribution >= 0.6 is 0 Å². The Bertz CT molecular complexity index is 189. The largest absolute Gasteiger partial charge is 0.481 e. The minimum Gasteiger partial charge on any atom is -0.481 e. The van der Waals surface area contributed by atoms with E-state index in [1.54, 1.807) is 0 Å². The van der Waals surface area contributed by atoms with Crippen LogP contribution in [0.2, 0.25) is 0 Å². The Kier molecular flexibility index (Phi) is 5.74. The molecular formula is C13H24O2. The lowest BCUT2D eigenvalue weighted by Gasteiger charge is -2.00. The molecule has 0 unspecified atom stereocenters. The summed E-state index contributed by atoms with van der Waals surface area (Å²) in [4.78, 5) is 10.2. The number of unbranched alkanes of at least 4 members (excludes halogenated alkanes) is 5. The third-order valence-corrected chi connectivity index (χ3v) is 3.49. The van der Waals surface area contributed by atoms with Crippen LogP contribution in [0.3, 0.4) is 0 Å². The van der Waals surface area contributed by atoms with Crippen molar-refractivity contribution < 1.29 is 9.90 Å². The molecule has 2 atom stereocenters. The molecule has 0 aromatic carbocycles. The Hall–Kier alpha value is -0.530. The van der Waals surface area contributed by atoms with Crippen molar-refractivity contribution in [2.24, 2.45) is 11.8 Å². The maximum absolute atomic E-state index is 10.2. The minimum absolute atomic E-state index is 0.347. The highest BCUT2D eigenvalue weighted by atomic mass is 16.4. The second-order valence-corrected chi connectivity index (χ2v) is 5.03. The van der Waals surface area contributed by atoms with Crippen LogP contribution in [0.4, 0.5) is 0 Å². The summed E-state index contributed by atoms with van der Waals surface area (Å²) in [5.74, 6) is 1.38. The molecular weight excluding hydrogens is 188 g/mol. The van der Waals surface area contributed by atoms with E-state index in [2.05, 4.69) is 6.92 Å². The number of carbonyl (C=O) groups is 1. The quantitative estimate of drug-likeness (QED) is 0.589. The van der Waals surface area contributed by atoms with E-state index in [-0.39, 0.29) is 0 Å². The number of rotatable bonds is 9. The van der Waals surface area contributed by atoms with E-state index in [0.717, 1.165) is 24.7 Å². The van der Waals surface area contributed by atoms with Gasteiger partial charge in [0.2, 0.25) is 0 Å². The van der Waals surface area contributed by atoms with Crippen LogP contribution in [0.25, 0.3) is 0 Å². The van der Waals surface area contributed by atoms with E-state index >= 15 is 0 Å². The molecule has 88 valence electrons. The predicted molar refractivity (Wildman–Crippen MR) is 61.8 cm³/mol. The lowest BCUT2D eigenvalue weighted by molar-refractivity contribution is -0.137. The molecule has 0 aromatic rings.